The summed E-state index contributed by atoms with van der Waals surface area (Å²) < 4.78 is 20.7. The first-order chi connectivity index (χ1) is 22.1. The summed E-state index contributed by atoms with van der Waals surface area (Å²) in [5, 5.41) is 49.1. The number of rotatable bonds is 14. The molecule has 3 saturated heterocycles. The van der Waals surface area contributed by atoms with Gasteiger partial charge in [0, 0.05) is 57.3 Å². The van der Waals surface area contributed by atoms with Gasteiger partial charge in [-0.1, -0.05) is 17.7 Å². The number of likely N-dealkylation sites (tertiary alicyclic amines) is 2. The minimum atomic E-state index is -1.66. The van der Waals surface area contributed by atoms with Crippen LogP contribution in [0.1, 0.15) is 37.7 Å². The smallest absolute Gasteiger partial charge is 0.227 e. The number of nitrogens with zero attached hydrogens (tertiary/aromatic N) is 5. The summed E-state index contributed by atoms with van der Waals surface area (Å²) in [6.45, 7) is 3.96. The molecule has 5 rings (SSSR count). The van der Waals surface area contributed by atoms with Crippen LogP contribution in [-0.2, 0) is 11.2 Å². The largest absolute Gasteiger partial charge is 0.493 e. The Morgan fingerprint density at radius 1 is 1.04 bits per heavy atom. The molecule has 3 aliphatic heterocycles. The molecule has 1 aromatic carbocycles. The van der Waals surface area contributed by atoms with Gasteiger partial charge in [0.15, 0.2) is 0 Å². The Hall–Kier alpha value is -2.65. The third-order valence-electron chi connectivity index (χ3n) is 9.58. The molecule has 46 heavy (non-hydrogen) atoms. The fraction of sp³-hybridized carbons (Fsp3) is 0.656. The predicted octanol–water partition coefficient (Wildman–Crippen LogP) is 0.857. The normalized spacial score (nSPS) is 21.2. The molecule has 0 bridgehead atoms. The lowest BCUT2D eigenvalue weighted by Crippen LogP contribution is -2.61. The van der Waals surface area contributed by atoms with E-state index in [-0.39, 0.29) is 24.3 Å². The van der Waals surface area contributed by atoms with Crippen molar-refractivity contribution in [3.63, 3.8) is 0 Å². The van der Waals surface area contributed by atoms with Crippen LogP contribution in [0.3, 0.4) is 0 Å². The molecule has 3 fully saturated rings. The maximum Gasteiger partial charge on any atom is 0.227 e. The minimum Gasteiger partial charge on any atom is -0.493 e. The Morgan fingerprint density at radius 2 is 1.74 bits per heavy atom. The summed E-state index contributed by atoms with van der Waals surface area (Å²) in [6, 6.07) is 4.67. The highest BCUT2D eigenvalue weighted by Crippen LogP contribution is 2.40. The number of aromatic nitrogens is 2. The summed E-state index contributed by atoms with van der Waals surface area (Å²) in [7, 11) is 0. The molecular weight excluding hydrogens is 621 g/mol. The zero-order valence-corrected chi connectivity index (χ0v) is 26.7. The predicted molar refractivity (Wildman–Crippen MR) is 168 cm³/mol. The highest BCUT2D eigenvalue weighted by Gasteiger charge is 2.49. The molecule has 14 heteroatoms. The van der Waals surface area contributed by atoms with Crippen LogP contribution in [0.4, 0.5) is 10.3 Å². The first kappa shape index (κ1) is 34.7. The van der Waals surface area contributed by atoms with Crippen molar-refractivity contribution in [1.29, 1.82) is 0 Å². The van der Waals surface area contributed by atoms with Crippen molar-refractivity contribution in [1.82, 2.24) is 19.8 Å². The van der Waals surface area contributed by atoms with Crippen LogP contribution in [0.15, 0.2) is 30.6 Å². The number of hydrogen-bond acceptors (Lipinski definition) is 11. The van der Waals surface area contributed by atoms with Crippen molar-refractivity contribution in [2.24, 2.45) is 11.3 Å². The lowest BCUT2D eigenvalue weighted by Gasteiger charge is -2.49. The topological polar surface area (TPSA) is 163 Å². The number of hydrogen-bond donors (Lipinski definition) is 5. The second-order valence-electron chi connectivity index (χ2n) is 13.1. The van der Waals surface area contributed by atoms with E-state index in [1.165, 1.54) is 6.07 Å². The molecule has 1 amide bonds. The van der Waals surface area contributed by atoms with E-state index >= 15 is 0 Å². The molecular formula is C32H45ClFN5O7. The molecule has 1 aromatic heterocycles. The standard InChI is InChI=1S/C32H45ClFN5O7/c33-23-14-35-31(36-15-23)38-8-5-21(6-9-38)2-1-11-46-24-4-3-22(25(34)13-24)12-28(43)39-10-7-32(20-39)18-37(19-32)16-26(41)29(44)30(45)27(42)17-40/h3-4,13-15,21,26-27,29-30,40-42,44-45H,1-2,5-12,16-20H2/t26-,27+,29+,30?/m0/s1. The number of ether oxygens (including phenoxy) is 1. The van der Waals surface area contributed by atoms with Crippen molar-refractivity contribution in [3.05, 3.63) is 47.0 Å². The second kappa shape index (κ2) is 15.5. The van der Waals surface area contributed by atoms with Crippen molar-refractivity contribution >= 4 is 23.5 Å². The van der Waals surface area contributed by atoms with Crippen LogP contribution < -0.4 is 9.64 Å². The molecule has 3 aliphatic rings. The van der Waals surface area contributed by atoms with E-state index < -0.39 is 36.8 Å². The Labute approximate surface area is 273 Å². The van der Waals surface area contributed by atoms with Gasteiger partial charge in [-0.15, -0.1) is 0 Å². The number of anilines is 1. The van der Waals surface area contributed by atoms with Gasteiger partial charge in [-0.05, 0) is 49.7 Å². The van der Waals surface area contributed by atoms with Gasteiger partial charge < -0.3 is 40.1 Å². The number of aliphatic hydroxyl groups is 5. The summed E-state index contributed by atoms with van der Waals surface area (Å²) in [5.74, 6) is 1.14. The molecule has 0 radical (unpaired) electrons. The number of piperidine rings is 1. The van der Waals surface area contributed by atoms with E-state index in [1.54, 1.807) is 29.4 Å². The number of benzene rings is 1. The van der Waals surface area contributed by atoms with Crippen LogP contribution in [0.25, 0.3) is 0 Å². The summed E-state index contributed by atoms with van der Waals surface area (Å²) in [6.07, 6.45) is 1.87. The number of carbonyl (C=O) groups excluding carboxylic acids is 1. The average molecular weight is 666 g/mol. The molecule has 5 N–H and O–H groups in total. The van der Waals surface area contributed by atoms with Crippen LogP contribution >= 0.6 is 11.6 Å². The fourth-order valence-corrected chi connectivity index (χ4v) is 6.96. The number of amides is 1. The van der Waals surface area contributed by atoms with Crippen molar-refractivity contribution < 1.29 is 39.5 Å². The van der Waals surface area contributed by atoms with Gasteiger partial charge in [0.05, 0.1) is 43.2 Å². The van der Waals surface area contributed by atoms with Gasteiger partial charge in [-0.2, -0.15) is 0 Å². The number of halogens is 2. The van der Waals surface area contributed by atoms with Gasteiger partial charge in [0.1, 0.15) is 29.9 Å². The van der Waals surface area contributed by atoms with Gasteiger partial charge in [0.2, 0.25) is 11.9 Å². The lowest BCUT2D eigenvalue weighted by molar-refractivity contribution is -0.133. The maximum atomic E-state index is 14.9. The van der Waals surface area contributed by atoms with E-state index in [4.69, 9.17) is 21.4 Å². The zero-order valence-electron chi connectivity index (χ0n) is 25.9. The molecule has 4 atom stereocenters. The van der Waals surface area contributed by atoms with E-state index in [1.807, 2.05) is 4.90 Å². The van der Waals surface area contributed by atoms with E-state index in [0.29, 0.717) is 61.0 Å². The third-order valence-corrected chi connectivity index (χ3v) is 9.77. The monoisotopic (exact) mass is 665 g/mol. The number of carbonyl (C=O) groups is 1. The van der Waals surface area contributed by atoms with Gasteiger partial charge >= 0.3 is 0 Å². The summed E-state index contributed by atoms with van der Waals surface area (Å²) in [4.78, 5) is 27.5. The molecule has 2 aromatic rings. The minimum absolute atomic E-state index is 0.0400. The van der Waals surface area contributed by atoms with E-state index in [2.05, 4.69) is 14.9 Å². The first-order valence-electron chi connectivity index (χ1n) is 16.0. The van der Waals surface area contributed by atoms with Gasteiger partial charge in [-0.25, -0.2) is 14.4 Å². The fourth-order valence-electron chi connectivity index (χ4n) is 6.86. The van der Waals surface area contributed by atoms with Crippen molar-refractivity contribution in [3.8, 4) is 5.75 Å². The van der Waals surface area contributed by atoms with Crippen LogP contribution in [0.5, 0.6) is 5.75 Å². The average Bonchev–Trinajstić information content (AvgIpc) is 3.49. The Kier molecular flexibility index (Phi) is 11.7. The second-order valence-corrected chi connectivity index (χ2v) is 13.5. The third kappa shape index (κ3) is 8.62. The molecule has 1 spiro atoms. The van der Waals surface area contributed by atoms with Crippen LogP contribution in [0.2, 0.25) is 5.02 Å². The Bertz CT molecular complexity index is 1300. The molecule has 12 nitrogen and oxygen atoms in total. The van der Waals surface area contributed by atoms with Crippen LogP contribution in [0, 0.1) is 17.2 Å². The molecule has 1 unspecified atom stereocenters. The lowest BCUT2D eigenvalue weighted by atomic mass is 9.78. The van der Waals surface area contributed by atoms with E-state index in [9.17, 15) is 29.6 Å². The van der Waals surface area contributed by atoms with E-state index in [0.717, 1.165) is 45.2 Å². The maximum absolute atomic E-state index is 14.9. The number of aliphatic hydroxyl groups excluding tert-OH is 5. The number of β-amino-alcohol motifs (C(OH)–C–C–N with tert-alkyl or cyclic N) is 1. The van der Waals surface area contributed by atoms with Gasteiger partial charge in [0.25, 0.3) is 0 Å². The highest BCUT2D eigenvalue weighted by molar-refractivity contribution is 6.30. The molecule has 4 heterocycles. The first-order valence-corrected chi connectivity index (χ1v) is 16.4. The highest BCUT2D eigenvalue weighted by atomic mass is 35.5. The van der Waals surface area contributed by atoms with Crippen molar-refractivity contribution in [2.45, 2.75) is 62.9 Å². The van der Waals surface area contributed by atoms with Crippen LogP contribution in [-0.4, -0.2) is 135 Å². The molecule has 0 aliphatic carbocycles. The SMILES string of the molecule is O=C(Cc1ccc(OCCCC2CCN(c3ncc(Cl)cn3)CC2)cc1F)N1CCC2(CN(C[C@H](O)[C@@H](O)C(O)[C@H](O)CO)C2)C1. The van der Waals surface area contributed by atoms with Crippen molar-refractivity contribution in [2.75, 3.05) is 63.9 Å². The zero-order chi connectivity index (χ0) is 32.8. The summed E-state index contributed by atoms with van der Waals surface area (Å²) in [5.41, 5.74) is 0.202. The summed E-state index contributed by atoms with van der Waals surface area (Å²) >= 11 is 5.88. The Balaban J connectivity index is 0.984. The quantitative estimate of drug-likeness (QED) is 0.182. The molecule has 0 saturated carbocycles. The Morgan fingerprint density at radius 3 is 2.41 bits per heavy atom. The van der Waals surface area contributed by atoms with Gasteiger partial charge in [-0.3, -0.25) is 9.69 Å². The molecule has 254 valence electrons.